The number of rotatable bonds is 6. The molecular weight excluding hydrogens is 417 g/mol. The number of ether oxygens (including phenoxy) is 1. The summed E-state index contributed by atoms with van der Waals surface area (Å²) in [5.41, 5.74) is 1.44. The van der Waals surface area contributed by atoms with Crippen molar-refractivity contribution in [3.05, 3.63) is 53.8 Å². The highest BCUT2D eigenvalue weighted by molar-refractivity contribution is 7.88. The molecule has 0 amide bonds. The smallest absolute Gasteiger partial charge is 0.248 e. The molecule has 1 aliphatic rings. The number of nitriles is 1. The minimum absolute atomic E-state index is 0.0362. The number of benzene rings is 2. The first-order valence-corrected chi connectivity index (χ1v) is 11.2. The van der Waals surface area contributed by atoms with Gasteiger partial charge in [-0.25, -0.2) is 26.3 Å². The molecule has 160 valence electrons. The third-order valence-electron chi connectivity index (χ3n) is 5.05. The molecule has 9 heteroatoms. The summed E-state index contributed by atoms with van der Waals surface area (Å²) in [5.74, 6) is -3.61. The third-order valence-corrected chi connectivity index (χ3v) is 5.78. The summed E-state index contributed by atoms with van der Waals surface area (Å²) in [6.45, 7) is -0.0673. The number of halogens is 3. The predicted molar refractivity (Wildman–Crippen MR) is 106 cm³/mol. The Hall–Kier alpha value is -2.57. The van der Waals surface area contributed by atoms with Crippen molar-refractivity contribution in [3.63, 3.8) is 0 Å². The van der Waals surface area contributed by atoms with E-state index in [9.17, 15) is 26.9 Å². The van der Waals surface area contributed by atoms with Crippen molar-refractivity contribution in [2.75, 3.05) is 12.9 Å². The molecule has 1 saturated carbocycles. The van der Waals surface area contributed by atoms with E-state index in [-0.39, 0.29) is 25.0 Å². The van der Waals surface area contributed by atoms with E-state index in [2.05, 4.69) is 4.72 Å². The summed E-state index contributed by atoms with van der Waals surface area (Å²) in [6, 6.07) is 11.9. The molecule has 0 saturated heterocycles. The Bertz CT molecular complexity index is 1050. The maximum absolute atomic E-state index is 13.8. The number of alkyl halides is 2. The van der Waals surface area contributed by atoms with Crippen molar-refractivity contribution in [2.45, 2.75) is 31.2 Å². The standard InChI is InChI=1S/C21H21F3N2O3S/c1-30(27,28)26-20-8-9-21(23,24)11-16(20)13-29-18-5-2-14(3-6-18)19-7-4-17(22)10-15(19)12-25/h2-7,10,16,20,26H,8-9,11,13H2,1H3/t16-,20-/m0/s1. The van der Waals surface area contributed by atoms with Gasteiger partial charge in [0.15, 0.2) is 0 Å². The Balaban J connectivity index is 1.71. The van der Waals surface area contributed by atoms with Gasteiger partial charge in [0, 0.05) is 24.8 Å². The molecular formula is C21H21F3N2O3S. The van der Waals surface area contributed by atoms with Crippen LogP contribution in [0, 0.1) is 23.1 Å². The Morgan fingerprint density at radius 3 is 2.57 bits per heavy atom. The quantitative estimate of drug-likeness (QED) is 0.737. The number of nitrogens with one attached hydrogen (secondary N) is 1. The van der Waals surface area contributed by atoms with Crippen LogP contribution in [0.5, 0.6) is 5.75 Å². The minimum atomic E-state index is -3.53. The maximum Gasteiger partial charge on any atom is 0.248 e. The summed E-state index contributed by atoms with van der Waals surface area (Å²) >= 11 is 0. The molecule has 2 atom stereocenters. The van der Waals surface area contributed by atoms with Gasteiger partial charge in [-0.05, 0) is 41.8 Å². The molecule has 0 aromatic heterocycles. The first-order chi connectivity index (χ1) is 14.1. The molecule has 30 heavy (non-hydrogen) atoms. The van der Waals surface area contributed by atoms with E-state index in [1.54, 1.807) is 24.3 Å². The Kier molecular flexibility index (Phi) is 6.38. The largest absolute Gasteiger partial charge is 0.493 e. The molecule has 1 N–H and O–H groups in total. The summed E-state index contributed by atoms with van der Waals surface area (Å²) in [4.78, 5) is 0. The summed E-state index contributed by atoms with van der Waals surface area (Å²) < 4.78 is 72.2. The van der Waals surface area contributed by atoms with Crippen LogP contribution < -0.4 is 9.46 Å². The third kappa shape index (κ3) is 5.74. The molecule has 0 radical (unpaired) electrons. The van der Waals surface area contributed by atoms with E-state index in [4.69, 9.17) is 4.74 Å². The minimum Gasteiger partial charge on any atom is -0.493 e. The first-order valence-electron chi connectivity index (χ1n) is 9.34. The van der Waals surface area contributed by atoms with Crippen LogP contribution in [0.4, 0.5) is 13.2 Å². The summed E-state index contributed by atoms with van der Waals surface area (Å²) in [5, 5.41) is 9.18. The van der Waals surface area contributed by atoms with Crippen LogP contribution in [0.1, 0.15) is 24.8 Å². The zero-order valence-corrected chi connectivity index (χ0v) is 17.1. The summed E-state index contributed by atoms with van der Waals surface area (Å²) in [7, 11) is -3.53. The summed E-state index contributed by atoms with van der Waals surface area (Å²) in [6.07, 6.45) is 0.208. The van der Waals surface area contributed by atoms with Crippen LogP contribution in [0.25, 0.3) is 11.1 Å². The molecule has 1 fully saturated rings. The lowest BCUT2D eigenvalue weighted by Crippen LogP contribution is -2.48. The van der Waals surface area contributed by atoms with Crippen molar-refractivity contribution in [2.24, 2.45) is 5.92 Å². The molecule has 0 aliphatic heterocycles. The average Bonchev–Trinajstić information content (AvgIpc) is 2.67. The number of nitrogens with zero attached hydrogens (tertiary/aromatic N) is 1. The van der Waals surface area contributed by atoms with Gasteiger partial charge >= 0.3 is 0 Å². The lowest BCUT2D eigenvalue weighted by Gasteiger charge is -2.35. The second-order valence-corrected chi connectivity index (χ2v) is 9.27. The molecule has 2 aromatic rings. The second kappa shape index (κ2) is 8.66. The van der Waals surface area contributed by atoms with Gasteiger partial charge < -0.3 is 4.74 Å². The fraction of sp³-hybridized carbons (Fsp3) is 0.381. The van der Waals surface area contributed by atoms with E-state index in [0.717, 1.165) is 12.3 Å². The van der Waals surface area contributed by atoms with Crippen LogP contribution >= 0.6 is 0 Å². The van der Waals surface area contributed by atoms with Crippen molar-refractivity contribution >= 4 is 10.0 Å². The van der Waals surface area contributed by atoms with Crippen molar-refractivity contribution in [3.8, 4) is 22.9 Å². The van der Waals surface area contributed by atoms with Crippen LogP contribution in [0.2, 0.25) is 0 Å². The van der Waals surface area contributed by atoms with Crippen LogP contribution in [0.15, 0.2) is 42.5 Å². The molecule has 0 spiro atoms. The van der Waals surface area contributed by atoms with Gasteiger partial charge in [0.25, 0.3) is 0 Å². The lowest BCUT2D eigenvalue weighted by atomic mass is 9.83. The van der Waals surface area contributed by atoms with E-state index in [1.807, 2.05) is 6.07 Å². The molecule has 1 aliphatic carbocycles. The van der Waals surface area contributed by atoms with Gasteiger partial charge in [-0.2, -0.15) is 5.26 Å². The molecule has 0 bridgehead atoms. The zero-order chi connectivity index (χ0) is 21.9. The van der Waals surface area contributed by atoms with Gasteiger partial charge in [0.2, 0.25) is 15.9 Å². The topological polar surface area (TPSA) is 79.2 Å². The highest BCUT2D eigenvalue weighted by Gasteiger charge is 2.42. The average molecular weight is 438 g/mol. The number of hydrogen-bond acceptors (Lipinski definition) is 4. The van der Waals surface area contributed by atoms with Gasteiger partial charge in [-0.1, -0.05) is 18.2 Å². The highest BCUT2D eigenvalue weighted by atomic mass is 32.2. The lowest BCUT2D eigenvalue weighted by molar-refractivity contribution is -0.0660. The fourth-order valence-corrected chi connectivity index (χ4v) is 4.49. The van der Waals surface area contributed by atoms with Crippen molar-refractivity contribution in [1.29, 1.82) is 5.26 Å². The van der Waals surface area contributed by atoms with Crippen LogP contribution in [-0.2, 0) is 10.0 Å². The predicted octanol–water partition coefficient (Wildman–Crippen LogP) is 4.10. The SMILES string of the molecule is CS(=O)(=O)N[C@H]1CCC(F)(F)C[C@H]1COc1ccc(-c2ccc(F)cc2C#N)cc1. The normalized spacial score (nSPS) is 21.0. The number of sulfonamides is 1. The molecule has 5 nitrogen and oxygen atoms in total. The number of hydrogen-bond donors (Lipinski definition) is 1. The van der Waals surface area contributed by atoms with E-state index in [1.165, 1.54) is 12.1 Å². The van der Waals surface area contributed by atoms with E-state index in [0.29, 0.717) is 16.9 Å². The first kappa shape index (κ1) is 22.1. The molecule has 3 rings (SSSR count). The second-order valence-electron chi connectivity index (χ2n) is 7.49. The molecule has 2 aromatic carbocycles. The highest BCUT2D eigenvalue weighted by Crippen LogP contribution is 2.37. The van der Waals surface area contributed by atoms with E-state index >= 15 is 0 Å². The zero-order valence-electron chi connectivity index (χ0n) is 16.2. The van der Waals surface area contributed by atoms with Crippen molar-refractivity contribution < 1.29 is 26.3 Å². The van der Waals surface area contributed by atoms with Crippen LogP contribution in [0.3, 0.4) is 0 Å². The van der Waals surface area contributed by atoms with Gasteiger partial charge in [0.1, 0.15) is 11.6 Å². The van der Waals surface area contributed by atoms with Gasteiger partial charge in [-0.15, -0.1) is 0 Å². The van der Waals surface area contributed by atoms with Gasteiger partial charge in [-0.3, -0.25) is 0 Å². The fourth-order valence-electron chi connectivity index (χ4n) is 3.63. The van der Waals surface area contributed by atoms with E-state index < -0.39 is 40.1 Å². The van der Waals surface area contributed by atoms with Crippen molar-refractivity contribution in [1.82, 2.24) is 4.72 Å². The monoisotopic (exact) mass is 438 g/mol. The maximum atomic E-state index is 13.8. The Morgan fingerprint density at radius 1 is 1.23 bits per heavy atom. The Labute approximate surface area is 173 Å². The molecule has 0 unspecified atom stereocenters. The van der Waals surface area contributed by atoms with Gasteiger partial charge in [0.05, 0.1) is 24.5 Å². The Morgan fingerprint density at radius 2 is 1.93 bits per heavy atom. The molecule has 0 heterocycles. The van der Waals surface area contributed by atoms with Crippen LogP contribution in [-0.4, -0.2) is 33.2 Å².